The second-order valence-electron chi connectivity index (χ2n) is 4.78. The Hall–Kier alpha value is -2.76. The van der Waals surface area contributed by atoms with Gasteiger partial charge >= 0.3 is 6.18 Å². The summed E-state index contributed by atoms with van der Waals surface area (Å²) in [7, 11) is 0. The molecule has 0 spiro atoms. The molecule has 3 nitrogen and oxygen atoms in total. The van der Waals surface area contributed by atoms with Crippen molar-refractivity contribution in [2.75, 3.05) is 5.73 Å². The number of alkyl halides is 3. The number of aromatic nitrogens is 2. The molecule has 0 fully saturated rings. The van der Waals surface area contributed by atoms with E-state index in [0.717, 1.165) is 6.07 Å². The molecule has 112 valence electrons. The molecular formula is C16H12F3N3. The van der Waals surface area contributed by atoms with Crippen molar-refractivity contribution in [3.8, 4) is 16.9 Å². The molecule has 2 N–H and O–H groups in total. The Kier molecular flexibility index (Phi) is 3.36. The summed E-state index contributed by atoms with van der Waals surface area (Å²) in [6.45, 7) is 0. The molecule has 0 aliphatic carbocycles. The molecule has 6 heteroatoms. The fraction of sp³-hybridized carbons (Fsp3) is 0.0625. The van der Waals surface area contributed by atoms with Crippen LogP contribution in [0.3, 0.4) is 0 Å². The molecule has 22 heavy (non-hydrogen) atoms. The molecule has 0 aliphatic heterocycles. The fourth-order valence-electron chi connectivity index (χ4n) is 2.15. The van der Waals surface area contributed by atoms with Crippen molar-refractivity contribution in [3.05, 3.63) is 66.4 Å². The van der Waals surface area contributed by atoms with Crippen molar-refractivity contribution in [3.63, 3.8) is 0 Å². The Balaban J connectivity index is 2.19. The zero-order chi connectivity index (χ0) is 15.7. The van der Waals surface area contributed by atoms with Crippen LogP contribution < -0.4 is 5.73 Å². The van der Waals surface area contributed by atoms with Crippen LogP contribution in [0.5, 0.6) is 0 Å². The molecule has 0 unspecified atom stereocenters. The van der Waals surface area contributed by atoms with Crippen LogP contribution in [0, 0.1) is 0 Å². The van der Waals surface area contributed by atoms with Crippen LogP contribution in [0.25, 0.3) is 16.9 Å². The molecule has 2 aromatic carbocycles. The van der Waals surface area contributed by atoms with E-state index in [-0.39, 0.29) is 0 Å². The molecule has 0 saturated carbocycles. The van der Waals surface area contributed by atoms with Crippen molar-refractivity contribution < 1.29 is 13.2 Å². The summed E-state index contributed by atoms with van der Waals surface area (Å²) in [5.41, 5.74) is 6.77. The minimum Gasteiger partial charge on any atom is -0.399 e. The first-order chi connectivity index (χ1) is 10.4. The van der Waals surface area contributed by atoms with Gasteiger partial charge in [0.05, 0.1) is 11.4 Å². The highest BCUT2D eigenvalue weighted by Crippen LogP contribution is 2.33. The first-order valence-corrected chi connectivity index (χ1v) is 6.54. The van der Waals surface area contributed by atoms with Crippen molar-refractivity contribution in [1.29, 1.82) is 0 Å². The molecule has 0 aliphatic rings. The summed E-state index contributed by atoms with van der Waals surface area (Å²) in [5.74, 6) is 0. The zero-order valence-corrected chi connectivity index (χ0v) is 11.4. The molecule has 0 bridgehead atoms. The quantitative estimate of drug-likeness (QED) is 0.723. The highest BCUT2D eigenvalue weighted by Gasteiger charge is 2.35. The second-order valence-corrected chi connectivity index (χ2v) is 4.78. The summed E-state index contributed by atoms with van der Waals surface area (Å²) < 4.78 is 40.2. The SMILES string of the molecule is Nc1ccc(-n2nc(C(F)(F)F)cc2-c2ccccc2)cc1. The predicted molar refractivity (Wildman–Crippen MR) is 78.4 cm³/mol. The standard InChI is InChI=1S/C16H12F3N3/c17-16(18,19)15-10-14(11-4-2-1-3-5-11)22(21-15)13-8-6-12(20)7-9-13/h1-10H,20H2. The van der Waals surface area contributed by atoms with Crippen LogP contribution in [0.15, 0.2) is 60.7 Å². The van der Waals surface area contributed by atoms with Crippen molar-refractivity contribution >= 4 is 5.69 Å². The number of rotatable bonds is 2. The van der Waals surface area contributed by atoms with Gasteiger partial charge in [0.15, 0.2) is 5.69 Å². The predicted octanol–water partition coefficient (Wildman–Crippen LogP) is 4.14. The number of nitrogens with zero attached hydrogens (tertiary/aromatic N) is 2. The van der Waals surface area contributed by atoms with Gasteiger partial charge < -0.3 is 5.73 Å². The first-order valence-electron chi connectivity index (χ1n) is 6.54. The van der Waals surface area contributed by atoms with Crippen LogP contribution in [0.2, 0.25) is 0 Å². The Bertz CT molecular complexity index is 775. The Labute approximate surface area is 124 Å². The Morgan fingerprint density at radius 3 is 2.14 bits per heavy atom. The van der Waals surface area contributed by atoms with E-state index in [4.69, 9.17) is 5.73 Å². The first kappa shape index (κ1) is 14.2. The van der Waals surface area contributed by atoms with E-state index < -0.39 is 11.9 Å². The second kappa shape index (κ2) is 5.22. The van der Waals surface area contributed by atoms with E-state index in [9.17, 15) is 13.2 Å². The number of hydrogen-bond donors (Lipinski definition) is 1. The van der Waals surface area contributed by atoms with E-state index in [2.05, 4.69) is 5.10 Å². The van der Waals surface area contributed by atoms with E-state index >= 15 is 0 Å². The molecule has 0 radical (unpaired) electrons. The summed E-state index contributed by atoms with van der Waals surface area (Å²) in [6.07, 6.45) is -4.50. The number of nitrogen functional groups attached to an aromatic ring is 1. The van der Waals surface area contributed by atoms with Crippen LogP contribution in [-0.2, 0) is 6.18 Å². The number of anilines is 1. The average molecular weight is 303 g/mol. The minimum absolute atomic E-state index is 0.373. The maximum absolute atomic E-state index is 13.0. The maximum atomic E-state index is 13.0. The van der Waals surface area contributed by atoms with E-state index in [0.29, 0.717) is 22.6 Å². The van der Waals surface area contributed by atoms with Gasteiger partial charge in [0.2, 0.25) is 0 Å². The van der Waals surface area contributed by atoms with Gasteiger partial charge in [-0.15, -0.1) is 0 Å². The number of nitrogens with two attached hydrogens (primary N) is 1. The molecule has 0 atom stereocenters. The largest absolute Gasteiger partial charge is 0.435 e. The average Bonchev–Trinajstić information content (AvgIpc) is 2.94. The maximum Gasteiger partial charge on any atom is 0.435 e. The highest BCUT2D eigenvalue weighted by atomic mass is 19.4. The summed E-state index contributed by atoms with van der Waals surface area (Å²) >= 11 is 0. The van der Waals surface area contributed by atoms with Crippen molar-refractivity contribution in [2.24, 2.45) is 0 Å². The van der Waals surface area contributed by atoms with Gasteiger partial charge in [-0.25, -0.2) is 4.68 Å². The smallest absolute Gasteiger partial charge is 0.399 e. The Morgan fingerprint density at radius 2 is 1.55 bits per heavy atom. The topological polar surface area (TPSA) is 43.8 Å². The third-order valence-electron chi connectivity index (χ3n) is 3.21. The normalized spacial score (nSPS) is 11.6. The summed E-state index contributed by atoms with van der Waals surface area (Å²) in [5, 5.41) is 3.71. The molecule has 0 saturated heterocycles. The highest BCUT2D eigenvalue weighted by molar-refractivity contribution is 5.63. The van der Waals surface area contributed by atoms with Gasteiger partial charge in [0.25, 0.3) is 0 Å². The number of hydrogen-bond acceptors (Lipinski definition) is 2. The van der Waals surface area contributed by atoms with Gasteiger partial charge in [-0.1, -0.05) is 30.3 Å². The van der Waals surface area contributed by atoms with Gasteiger partial charge in [0, 0.05) is 11.3 Å². The van der Waals surface area contributed by atoms with Gasteiger partial charge in [-0.2, -0.15) is 18.3 Å². The third kappa shape index (κ3) is 2.67. The summed E-state index contributed by atoms with van der Waals surface area (Å²) in [6, 6.07) is 16.4. The van der Waals surface area contributed by atoms with Gasteiger partial charge in [-0.3, -0.25) is 0 Å². The molecule has 3 aromatic rings. The lowest BCUT2D eigenvalue weighted by Crippen LogP contribution is -2.07. The van der Waals surface area contributed by atoms with E-state index in [1.54, 1.807) is 54.6 Å². The van der Waals surface area contributed by atoms with Crippen LogP contribution in [-0.4, -0.2) is 9.78 Å². The molecule has 0 amide bonds. The summed E-state index contributed by atoms with van der Waals surface area (Å²) in [4.78, 5) is 0. The number of benzene rings is 2. The van der Waals surface area contributed by atoms with Gasteiger partial charge in [0.1, 0.15) is 0 Å². The lowest BCUT2D eigenvalue weighted by molar-refractivity contribution is -0.141. The fourth-order valence-corrected chi connectivity index (χ4v) is 2.15. The number of halogens is 3. The van der Waals surface area contributed by atoms with Crippen LogP contribution >= 0.6 is 0 Å². The van der Waals surface area contributed by atoms with E-state index in [1.165, 1.54) is 4.68 Å². The zero-order valence-electron chi connectivity index (χ0n) is 11.4. The monoisotopic (exact) mass is 303 g/mol. The minimum atomic E-state index is -4.50. The van der Waals surface area contributed by atoms with Crippen LogP contribution in [0.4, 0.5) is 18.9 Å². The molecule has 1 aromatic heterocycles. The lowest BCUT2D eigenvalue weighted by atomic mass is 10.1. The Morgan fingerprint density at radius 1 is 0.909 bits per heavy atom. The van der Waals surface area contributed by atoms with Crippen LogP contribution in [0.1, 0.15) is 5.69 Å². The van der Waals surface area contributed by atoms with Crippen molar-refractivity contribution in [1.82, 2.24) is 9.78 Å². The molecule has 1 heterocycles. The lowest BCUT2D eigenvalue weighted by Gasteiger charge is -2.08. The molecular weight excluding hydrogens is 291 g/mol. The van der Waals surface area contributed by atoms with Crippen molar-refractivity contribution in [2.45, 2.75) is 6.18 Å². The van der Waals surface area contributed by atoms with E-state index in [1.807, 2.05) is 0 Å². The molecule has 3 rings (SSSR count). The van der Waals surface area contributed by atoms with Gasteiger partial charge in [-0.05, 0) is 30.3 Å². The third-order valence-corrected chi connectivity index (χ3v) is 3.21.